The highest BCUT2D eigenvalue weighted by atomic mass is 32.2. The molecule has 0 radical (unpaired) electrons. The van der Waals surface area contributed by atoms with E-state index in [0.717, 1.165) is 14.2 Å². The van der Waals surface area contributed by atoms with E-state index in [0.29, 0.717) is 11.5 Å². The normalized spacial score (nSPS) is 11.7. The first kappa shape index (κ1) is 29.0. The van der Waals surface area contributed by atoms with Crippen LogP contribution in [0.1, 0.15) is 5.56 Å². The Hall–Kier alpha value is -3.61. The number of ether oxygens (including phenoxy) is 2. The zero-order chi connectivity index (χ0) is 27.9. The summed E-state index contributed by atoms with van der Waals surface area (Å²) < 4.78 is 64.5. The molecular weight excluding hydrogens is 530 g/mol. The number of carbonyl (C=O) groups excluding carboxylic acids is 1. The second kappa shape index (κ2) is 12.3. The van der Waals surface area contributed by atoms with Crippen LogP contribution in [-0.4, -0.2) is 67.9 Å². The van der Waals surface area contributed by atoms with Crippen molar-refractivity contribution in [2.75, 3.05) is 45.2 Å². The van der Waals surface area contributed by atoms with Crippen LogP contribution in [-0.2, 0) is 24.8 Å². The van der Waals surface area contributed by atoms with E-state index in [2.05, 4.69) is 5.32 Å². The molecule has 0 aliphatic rings. The van der Waals surface area contributed by atoms with Crippen molar-refractivity contribution >= 4 is 31.6 Å². The lowest BCUT2D eigenvalue weighted by molar-refractivity contribution is -0.119. The van der Waals surface area contributed by atoms with E-state index in [4.69, 9.17) is 9.47 Å². The molecule has 38 heavy (non-hydrogen) atoms. The van der Waals surface area contributed by atoms with Crippen LogP contribution < -0.4 is 19.1 Å². The van der Waals surface area contributed by atoms with Crippen molar-refractivity contribution in [3.8, 4) is 11.5 Å². The maximum Gasteiger partial charge on any atom is 0.264 e. The van der Waals surface area contributed by atoms with Gasteiger partial charge in [-0.3, -0.25) is 9.10 Å². The maximum atomic E-state index is 13.5. The number of nitrogens with one attached hydrogen (secondary N) is 1. The molecule has 0 heterocycles. The van der Waals surface area contributed by atoms with Gasteiger partial charge in [0.15, 0.2) is 0 Å². The van der Waals surface area contributed by atoms with Crippen LogP contribution in [0.15, 0.2) is 82.6 Å². The summed E-state index contributed by atoms with van der Waals surface area (Å²) in [6.45, 7) is 1.52. The Kier molecular flexibility index (Phi) is 9.36. The lowest BCUT2D eigenvalue weighted by atomic mass is 10.2. The Morgan fingerprint density at radius 3 is 2.11 bits per heavy atom. The predicted octanol–water partition coefficient (Wildman–Crippen LogP) is 2.64. The van der Waals surface area contributed by atoms with Crippen molar-refractivity contribution in [2.24, 2.45) is 0 Å². The third-order valence-corrected chi connectivity index (χ3v) is 9.12. The summed E-state index contributed by atoms with van der Waals surface area (Å²) in [4.78, 5) is 13.0. The summed E-state index contributed by atoms with van der Waals surface area (Å²) in [6.07, 6.45) is 0. The van der Waals surface area contributed by atoms with Crippen molar-refractivity contribution in [1.29, 1.82) is 0 Å². The zero-order valence-corrected chi connectivity index (χ0v) is 23.3. The number of hydrogen-bond donors (Lipinski definition) is 1. The molecule has 0 saturated carbocycles. The van der Waals surface area contributed by atoms with Crippen LogP contribution in [0.5, 0.6) is 11.5 Å². The minimum Gasteiger partial charge on any atom is -0.495 e. The van der Waals surface area contributed by atoms with Crippen LogP contribution >= 0.6 is 0 Å². The summed E-state index contributed by atoms with van der Waals surface area (Å²) in [5.41, 5.74) is 1.04. The molecule has 10 nitrogen and oxygen atoms in total. The number of anilines is 1. The quantitative estimate of drug-likeness (QED) is 0.337. The Bertz CT molecular complexity index is 1460. The second-order valence-corrected chi connectivity index (χ2v) is 12.5. The number of benzene rings is 3. The molecule has 204 valence electrons. The summed E-state index contributed by atoms with van der Waals surface area (Å²) in [6, 6.07) is 18.9. The number of amides is 1. The average Bonchev–Trinajstić information content (AvgIpc) is 2.90. The van der Waals surface area contributed by atoms with Gasteiger partial charge in [0.05, 0.1) is 29.1 Å². The molecule has 3 aromatic carbocycles. The van der Waals surface area contributed by atoms with E-state index >= 15 is 0 Å². The van der Waals surface area contributed by atoms with E-state index in [-0.39, 0.29) is 28.6 Å². The molecule has 12 heteroatoms. The van der Waals surface area contributed by atoms with Gasteiger partial charge in [-0.15, -0.1) is 0 Å². The second-order valence-electron chi connectivity index (χ2n) is 8.46. The predicted molar refractivity (Wildman–Crippen MR) is 145 cm³/mol. The van der Waals surface area contributed by atoms with E-state index in [9.17, 15) is 21.6 Å². The van der Waals surface area contributed by atoms with Gasteiger partial charge < -0.3 is 14.8 Å². The Morgan fingerprint density at radius 2 is 1.50 bits per heavy atom. The fourth-order valence-electron chi connectivity index (χ4n) is 3.48. The van der Waals surface area contributed by atoms with E-state index in [1.165, 1.54) is 57.6 Å². The van der Waals surface area contributed by atoms with Crippen molar-refractivity contribution in [3.63, 3.8) is 0 Å². The van der Waals surface area contributed by atoms with Crippen LogP contribution in [0.3, 0.4) is 0 Å². The number of sulfonamides is 2. The minimum absolute atomic E-state index is 0.0411. The molecule has 0 aliphatic carbocycles. The maximum absolute atomic E-state index is 13.5. The van der Waals surface area contributed by atoms with Crippen LogP contribution in [0.4, 0.5) is 5.69 Å². The molecule has 1 amide bonds. The highest BCUT2D eigenvalue weighted by molar-refractivity contribution is 7.92. The molecule has 0 atom stereocenters. The lowest BCUT2D eigenvalue weighted by Crippen LogP contribution is -2.42. The molecule has 0 saturated heterocycles. The Labute approximate surface area is 223 Å². The van der Waals surface area contributed by atoms with Gasteiger partial charge in [0.1, 0.15) is 24.7 Å². The third kappa shape index (κ3) is 6.82. The first-order valence-electron chi connectivity index (χ1n) is 11.6. The summed E-state index contributed by atoms with van der Waals surface area (Å²) >= 11 is 0. The first-order valence-corrected chi connectivity index (χ1v) is 14.5. The Balaban J connectivity index is 1.69. The monoisotopic (exact) mass is 561 g/mol. The van der Waals surface area contributed by atoms with Crippen LogP contribution in [0.2, 0.25) is 0 Å². The molecule has 0 bridgehead atoms. The molecule has 0 unspecified atom stereocenters. The van der Waals surface area contributed by atoms with Crippen molar-refractivity contribution in [2.45, 2.75) is 16.7 Å². The molecule has 1 N–H and O–H groups in total. The first-order chi connectivity index (χ1) is 18.0. The standard InChI is InChI=1S/C26H31N3O7S2/c1-20-10-15-25(35-4)24(18-20)29(38(33,34)22-8-6-5-7-9-22)19-26(30)27-16-17-36-21-11-13-23(14-12-21)37(31,32)28(2)3/h5-15,18H,16-17,19H2,1-4H3,(H,27,30). The number of hydrogen-bond acceptors (Lipinski definition) is 7. The number of rotatable bonds is 12. The molecule has 3 aromatic rings. The smallest absolute Gasteiger partial charge is 0.264 e. The zero-order valence-electron chi connectivity index (χ0n) is 21.6. The van der Waals surface area contributed by atoms with Crippen molar-refractivity contribution in [1.82, 2.24) is 9.62 Å². The number of methoxy groups -OCH3 is 1. The summed E-state index contributed by atoms with van der Waals surface area (Å²) in [5, 5.41) is 2.67. The van der Waals surface area contributed by atoms with Gasteiger partial charge >= 0.3 is 0 Å². The molecule has 0 aliphatic heterocycles. The number of nitrogens with zero attached hydrogens (tertiary/aromatic N) is 2. The highest BCUT2D eigenvalue weighted by Gasteiger charge is 2.29. The topological polar surface area (TPSA) is 122 Å². The summed E-state index contributed by atoms with van der Waals surface area (Å²) in [7, 11) is -3.30. The fraction of sp³-hybridized carbons (Fsp3) is 0.269. The van der Waals surface area contributed by atoms with Crippen LogP contribution in [0, 0.1) is 6.92 Å². The molecular formula is C26H31N3O7S2. The van der Waals surface area contributed by atoms with Gasteiger partial charge in [0.25, 0.3) is 10.0 Å². The molecule has 3 rings (SSSR count). The van der Waals surface area contributed by atoms with E-state index in [1.54, 1.807) is 36.4 Å². The largest absolute Gasteiger partial charge is 0.495 e. The van der Waals surface area contributed by atoms with Gasteiger partial charge in [-0.05, 0) is 61.0 Å². The number of carbonyl (C=O) groups is 1. The third-order valence-electron chi connectivity index (χ3n) is 5.52. The lowest BCUT2D eigenvalue weighted by Gasteiger charge is -2.26. The molecule has 0 spiro atoms. The molecule has 0 aromatic heterocycles. The highest BCUT2D eigenvalue weighted by Crippen LogP contribution is 2.33. The average molecular weight is 562 g/mol. The van der Waals surface area contributed by atoms with E-state index < -0.39 is 32.5 Å². The minimum atomic E-state index is -4.09. The van der Waals surface area contributed by atoms with Crippen LogP contribution in [0.25, 0.3) is 0 Å². The van der Waals surface area contributed by atoms with Gasteiger partial charge in [0, 0.05) is 14.1 Å². The van der Waals surface area contributed by atoms with Gasteiger partial charge in [-0.2, -0.15) is 0 Å². The Morgan fingerprint density at radius 1 is 0.868 bits per heavy atom. The van der Waals surface area contributed by atoms with Gasteiger partial charge in [-0.25, -0.2) is 21.1 Å². The van der Waals surface area contributed by atoms with E-state index in [1.807, 2.05) is 6.92 Å². The SMILES string of the molecule is COc1ccc(C)cc1N(CC(=O)NCCOc1ccc(S(=O)(=O)N(C)C)cc1)S(=O)(=O)c1ccccc1. The van der Waals surface area contributed by atoms with Crippen molar-refractivity contribution in [3.05, 3.63) is 78.4 Å². The van der Waals surface area contributed by atoms with Gasteiger partial charge in [0.2, 0.25) is 15.9 Å². The van der Waals surface area contributed by atoms with Gasteiger partial charge in [-0.1, -0.05) is 24.3 Å². The number of aryl methyl sites for hydroxylation is 1. The fourth-order valence-corrected chi connectivity index (χ4v) is 5.82. The summed E-state index contributed by atoms with van der Waals surface area (Å²) in [5.74, 6) is 0.199. The van der Waals surface area contributed by atoms with Crippen molar-refractivity contribution < 1.29 is 31.1 Å². The molecule has 0 fully saturated rings.